The molecule has 1 atom stereocenters. The second-order valence-electron chi connectivity index (χ2n) is 6.41. The van der Waals surface area contributed by atoms with Crippen molar-refractivity contribution in [3.8, 4) is 0 Å². The van der Waals surface area contributed by atoms with Crippen LogP contribution < -0.4 is 5.32 Å². The fourth-order valence-electron chi connectivity index (χ4n) is 3.33. The van der Waals surface area contributed by atoms with Gasteiger partial charge in [0, 0.05) is 18.7 Å². The molecule has 3 rings (SSSR count). The second-order valence-corrected chi connectivity index (χ2v) is 6.41. The number of nitrogens with zero attached hydrogens (tertiary/aromatic N) is 1. The van der Waals surface area contributed by atoms with Crippen molar-refractivity contribution in [2.75, 3.05) is 26.7 Å². The molecule has 136 valence electrons. The van der Waals surface area contributed by atoms with E-state index in [1.807, 2.05) is 42.5 Å². The minimum atomic E-state index is -0.488. The Morgan fingerprint density at radius 1 is 1.15 bits per heavy atom. The first kappa shape index (κ1) is 17.9. The zero-order chi connectivity index (χ0) is 18.5. The summed E-state index contributed by atoms with van der Waals surface area (Å²) in [6.45, 7) is 0.834. The third-order valence-corrected chi connectivity index (χ3v) is 4.73. The van der Waals surface area contributed by atoms with Gasteiger partial charge in [-0.2, -0.15) is 0 Å². The van der Waals surface area contributed by atoms with Gasteiger partial charge in [0.1, 0.15) is 6.54 Å². The molecular weight excluding hydrogens is 332 g/mol. The van der Waals surface area contributed by atoms with Crippen molar-refractivity contribution >= 4 is 28.6 Å². The third-order valence-electron chi connectivity index (χ3n) is 4.73. The molecule has 2 aromatic rings. The number of carbonyl (C=O) groups is 3. The van der Waals surface area contributed by atoms with Crippen molar-refractivity contribution < 1.29 is 19.1 Å². The zero-order valence-electron chi connectivity index (χ0n) is 14.7. The first-order chi connectivity index (χ1) is 12.6. The van der Waals surface area contributed by atoms with Crippen molar-refractivity contribution in [3.05, 3.63) is 48.0 Å². The number of ether oxygens (including phenoxy) is 1. The topological polar surface area (TPSA) is 75.7 Å². The minimum absolute atomic E-state index is 0.0627. The summed E-state index contributed by atoms with van der Waals surface area (Å²) in [5, 5.41) is 4.51. The van der Waals surface area contributed by atoms with Gasteiger partial charge in [0.25, 0.3) is 5.91 Å². The number of fused-ring (bicyclic) bond motifs is 1. The van der Waals surface area contributed by atoms with Crippen molar-refractivity contribution in [2.45, 2.75) is 12.8 Å². The van der Waals surface area contributed by atoms with E-state index in [0.717, 1.165) is 17.2 Å². The van der Waals surface area contributed by atoms with E-state index in [-0.39, 0.29) is 24.3 Å². The van der Waals surface area contributed by atoms with Gasteiger partial charge in [-0.05, 0) is 29.7 Å². The second kappa shape index (κ2) is 7.99. The van der Waals surface area contributed by atoms with E-state index in [9.17, 15) is 14.4 Å². The van der Waals surface area contributed by atoms with E-state index in [0.29, 0.717) is 25.1 Å². The van der Waals surface area contributed by atoms with Gasteiger partial charge in [0.2, 0.25) is 5.91 Å². The highest BCUT2D eigenvalue weighted by Crippen LogP contribution is 2.23. The maximum Gasteiger partial charge on any atom is 0.325 e. The fourth-order valence-corrected chi connectivity index (χ4v) is 3.33. The average Bonchev–Trinajstić information content (AvgIpc) is 2.70. The van der Waals surface area contributed by atoms with Crippen LogP contribution in [0.1, 0.15) is 23.2 Å². The molecule has 1 heterocycles. The minimum Gasteiger partial charge on any atom is -0.468 e. The number of carbonyl (C=O) groups excluding carboxylic acids is 3. The Morgan fingerprint density at radius 3 is 2.73 bits per heavy atom. The first-order valence-corrected chi connectivity index (χ1v) is 8.71. The van der Waals surface area contributed by atoms with Crippen molar-refractivity contribution in [3.63, 3.8) is 0 Å². The van der Waals surface area contributed by atoms with Crippen molar-refractivity contribution in [1.29, 1.82) is 0 Å². The lowest BCUT2D eigenvalue weighted by molar-refractivity contribution is -0.141. The summed E-state index contributed by atoms with van der Waals surface area (Å²) in [7, 11) is 1.28. The molecule has 1 saturated heterocycles. The van der Waals surface area contributed by atoms with Crippen LogP contribution in [0.3, 0.4) is 0 Å². The van der Waals surface area contributed by atoms with E-state index < -0.39 is 5.97 Å². The summed E-state index contributed by atoms with van der Waals surface area (Å²) < 4.78 is 4.53. The number of rotatable bonds is 4. The van der Waals surface area contributed by atoms with Gasteiger partial charge in [0.15, 0.2) is 0 Å². The summed E-state index contributed by atoms with van der Waals surface area (Å²) in [4.78, 5) is 38.2. The highest BCUT2D eigenvalue weighted by molar-refractivity contribution is 6.07. The molecule has 0 bridgehead atoms. The van der Waals surface area contributed by atoms with Crippen LogP contribution in [0.2, 0.25) is 0 Å². The number of benzene rings is 2. The lowest BCUT2D eigenvalue weighted by Gasteiger charge is -2.32. The Balaban J connectivity index is 1.71. The van der Waals surface area contributed by atoms with Crippen LogP contribution >= 0.6 is 0 Å². The van der Waals surface area contributed by atoms with Gasteiger partial charge in [-0.25, -0.2) is 0 Å². The van der Waals surface area contributed by atoms with Crippen LogP contribution in [0.15, 0.2) is 42.5 Å². The molecule has 0 spiro atoms. The number of piperidine rings is 1. The van der Waals surface area contributed by atoms with Crippen LogP contribution in [0.5, 0.6) is 0 Å². The molecule has 2 amide bonds. The van der Waals surface area contributed by atoms with Crippen molar-refractivity contribution in [1.82, 2.24) is 10.2 Å². The van der Waals surface area contributed by atoms with Crippen LogP contribution in [0.25, 0.3) is 10.8 Å². The molecule has 6 nitrogen and oxygen atoms in total. The van der Waals surface area contributed by atoms with Gasteiger partial charge >= 0.3 is 5.97 Å². The average molecular weight is 354 g/mol. The summed E-state index contributed by atoms with van der Waals surface area (Å²) >= 11 is 0. The monoisotopic (exact) mass is 354 g/mol. The molecule has 1 fully saturated rings. The van der Waals surface area contributed by atoms with Gasteiger partial charge in [-0.3, -0.25) is 14.4 Å². The predicted molar refractivity (Wildman–Crippen MR) is 97.6 cm³/mol. The smallest absolute Gasteiger partial charge is 0.325 e. The molecule has 0 aliphatic carbocycles. The maximum absolute atomic E-state index is 13.0. The summed E-state index contributed by atoms with van der Waals surface area (Å²) in [5.41, 5.74) is 0.652. The number of amides is 2. The Hall–Kier alpha value is -2.89. The Morgan fingerprint density at radius 2 is 1.92 bits per heavy atom. The number of esters is 1. The Labute approximate surface area is 152 Å². The van der Waals surface area contributed by atoms with E-state index >= 15 is 0 Å². The highest BCUT2D eigenvalue weighted by Gasteiger charge is 2.29. The standard InChI is InChI=1S/C20H22N2O4/c1-26-18(23)12-21-19(24)15-8-5-11-22(13-15)20(25)17-10-4-7-14-6-2-3-9-16(14)17/h2-4,6-7,9-10,15H,5,8,11-13H2,1H3,(H,21,24)/t15-/m0/s1. The number of likely N-dealkylation sites (tertiary alicyclic amines) is 1. The molecule has 1 aliphatic rings. The zero-order valence-corrected chi connectivity index (χ0v) is 14.7. The molecular formula is C20H22N2O4. The molecule has 1 aliphatic heterocycles. The third kappa shape index (κ3) is 3.85. The molecule has 6 heteroatoms. The van der Waals surface area contributed by atoms with Gasteiger partial charge in [-0.15, -0.1) is 0 Å². The van der Waals surface area contributed by atoms with Gasteiger partial charge < -0.3 is 15.0 Å². The molecule has 2 aromatic carbocycles. The normalized spacial score (nSPS) is 17.0. The predicted octanol–water partition coefficient (Wildman–Crippen LogP) is 1.98. The summed E-state index contributed by atoms with van der Waals surface area (Å²) in [6.07, 6.45) is 1.46. The first-order valence-electron chi connectivity index (χ1n) is 8.71. The maximum atomic E-state index is 13.0. The van der Waals surface area contributed by atoms with E-state index in [1.54, 1.807) is 4.90 Å². The summed E-state index contributed by atoms with van der Waals surface area (Å²) in [5.74, 6) is -1.08. The molecule has 0 unspecified atom stereocenters. The van der Waals surface area contributed by atoms with Crippen LogP contribution in [0, 0.1) is 5.92 Å². The quantitative estimate of drug-likeness (QED) is 0.852. The molecule has 0 saturated carbocycles. The van der Waals surface area contributed by atoms with Crippen molar-refractivity contribution in [2.24, 2.45) is 5.92 Å². The summed E-state index contributed by atoms with van der Waals surface area (Å²) in [6, 6.07) is 13.5. The number of nitrogens with one attached hydrogen (secondary N) is 1. The van der Waals surface area contributed by atoms with E-state index in [1.165, 1.54) is 7.11 Å². The highest BCUT2D eigenvalue weighted by atomic mass is 16.5. The fraction of sp³-hybridized carbons (Fsp3) is 0.350. The lowest BCUT2D eigenvalue weighted by atomic mass is 9.95. The van der Waals surface area contributed by atoms with Gasteiger partial charge in [0.05, 0.1) is 13.0 Å². The van der Waals surface area contributed by atoms with E-state index in [4.69, 9.17) is 0 Å². The number of hydrogen-bond acceptors (Lipinski definition) is 4. The molecule has 0 aromatic heterocycles. The Bertz CT molecular complexity index is 828. The number of methoxy groups -OCH3 is 1. The molecule has 0 radical (unpaired) electrons. The molecule has 1 N–H and O–H groups in total. The Kier molecular flexibility index (Phi) is 5.51. The van der Waals surface area contributed by atoms with E-state index in [2.05, 4.69) is 10.1 Å². The largest absolute Gasteiger partial charge is 0.468 e. The van der Waals surface area contributed by atoms with Crippen LogP contribution in [-0.2, 0) is 14.3 Å². The lowest BCUT2D eigenvalue weighted by Crippen LogP contribution is -2.46. The van der Waals surface area contributed by atoms with Crippen LogP contribution in [0.4, 0.5) is 0 Å². The number of hydrogen-bond donors (Lipinski definition) is 1. The van der Waals surface area contributed by atoms with Gasteiger partial charge in [-0.1, -0.05) is 36.4 Å². The van der Waals surface area contributed by atoms with Crippen LogP contribution in [-0.4, -0.2) is 49.4 Å². The molecule has 26 heavy (non-hydrogen) atoms. The SMILES string of the molecule is COC(=O)CNC(=O)[C@H]1CCCN(C(=O)c2cccc3ccccc23)C1.